The van der Waals surface area contributed by atoms with Crippen molar-refractivity contribution in [3.63, 3.8) is 0 Å². The van der Waals surface area contributed by atoms with Gasteiger partial charge in [-0.2, -0.15) is 0 Å². The van der Waals surface area contributed by atoms with E-state index in [1.807, 2.05) is 0 Å². The maximum Gasteiger partial charge on any atom is 0.251 e. The van der Waals surface area contributed by atoms with Crippen LogP contribution in [0, 0.1) is 18.2 Å². The number of amides is 1. The number of primary amides is 1. The molecule has 1 amide bonds. The van der Waals surface area contributed by atoms with Gasteiger partial charge in [-0.05, 0) is 37.0 Å². The summed E-state index contributed by atoms with van der Waals surface area (Å²) in [5, 5.41) is 0. The first-order chi connectivity index (χ1) is 7.65. The zero-order valence-corrected chi connectivity index (χ0v) is 9.00. The highest BCUT2D eigenvalue weighted by molar-refractivity contribution is 5.93. The number of carbonyl (C=O) groups is 1. The molecule has 16 heavy (non-hydrogen) atoms. The second-order valence-corrected chi connectivity index (χ2v) is 3.59. The van der Waals surface area contributed by atoms with Gasteiger partial charge in [-0.3, -0.25) is 4.79 Å². The monoisotopic (exact) mass is 219 g/mol. The topological polar surface area (TPSA) is 43.1 Å². The quantitative estimate of drug-likeness (QED) is 0.599. The number of aryl methyl sites for hydroxylation is 1. The molecule has 0 heterocycles. The Kier molecular flexibility index (Phi) is 4.53. The van der Waals surface area contributed by atoms with Crippen molar-refractivity contribution in [2.45, 2.75) is 25.7 Å². The van der Waals surface area contributed by atoms with Gasteiger partial charge in [0.2, 0.25) is 0 Å². The van der Waals surface area contributed by atoms with Gasteiger partial charge >= 0.3 is 0 Å². The Bertz CT molecular complexity index is 420. The fraction of sp³-hybridized carbons (Fsp3) is 0.308. The zero-order valence-electron chi connectivity index (χ0n) is 9.00. The first kappa shape index (κ1) is 12.3. The minimum absolute atomic E-state index is 0.0626. The molecule has 1 aromatic carbocycles. The number of benzene rings is 1. The van der Waals surface area contributed by atoms with Crippen LogP contribution >= 0.6 is 0 Å². The number of halogens is 1. The van der Waals surface area contributed by atoms with Crippen molar-refractivity contribution in [2.75, 3.05) is 0 Å². The summed E-state index contributed by atoms with van der Waals surface area (Å²) < 4.78 is 13.3. The third-order valence-electron chi connectivity index (χ3n) is 2.34. The van der Waals surface area contributed by atoms with Crippen LogP contribution in [0.25, 0.3) is 0 Å². The standard InChI is InChI=1S/C13H14FNO/c1-2-3-4-5-6-10-7-8-11(13(15)16)12(14)9-10/h1,7-9H,3-6H2,(H2,15,16). The summed E-state index contributed by atoms with van der Waals surface area (Å²) in [5.74, 6) is 1.26. The minimum atomic E-state index is -0.739. The second-order valence-electron chi connectivity index (χ2n) is 3.59. The van der Waals surface area contributed by atoms with Crippen LogP contribution in [0.4, 0.5) is 4.39 Å². The lowest BCUT2D eigenvalue weighted by Gasteiger charge is -2.03. The summed E-state index contributed by atoms with van der Waals surface area (Å²) in [5.41, 5.74) is 5.80. The van der Waals surface area contributed by atoms with Crippen molar-refractivity contribution in [3.8, 4) is 12.3 Å². The number of nitrogens with two attached hydrogens (primary N) is 1. The van der Waals surface area contributed by atoms with Gasteiger partial charge in [-0.15, -0.1) is 12.3 Å². The Morgan fingerprint density at radius 1 is 1.44 bits per heavy atom. The fourth-order valence-electron chi connectivity index (χ4n) is 1.47. The Morgan fingerprint density at radius 3 is 2.75 bits per heavy atom. The Balaban J connectivity index is 2.60. The number of hydrogen-bond acceptors (Lipinski definition) is 1. The van der Waals surface area contributed by atoms with Gasteiger partial charge < -0.3 is 5.73 Å². The SMILES string of the molecule is C#CCCCCc1ccc(C(N)=O)c(F)c1. The van der Waals surface area contributed by atoms with Crippen LogP contribution in [0.1, 0.15) is 35.2 Å². The van der Waals surface area contributed by atoms with Crippen molar-refractivity contribution in [2.24, 2.45) is 5.73 Å². The molecular formula is C13H14FNO. The third kappa shape index (κ3) is 3.39. The van der Waals surface area contributed by atoms with Gasteiger partial charge in [0.05, 0.1) is 5.56 Å². The van der Waals surface area contributed by atoms with Crippen LogP contribution in [0.5, 0.6) is 0 Å². The van der Waals surface area contributed by atoms with E-state index in [0.717, 1.165) is 31.2 Å². The molecule has 0 saturated carbocycles. The van der Waals surface area contributed by atoms with Gasteiger partial charge in [-0.1, -0.05) is 6.07 Å². The third-order valence-corrected chi connectivity index (χ3v) is 2.34. The first-order valence-electron chi connectivity index (χ1n) is 5.17. The number of hydrogen-bond donors (Lipinski definition) is 1. The van der Waals surface area contributed by atoms with E-state index in [0.29, 0.717) is 0 Å². The van der Waals surface area contributed by atoms with E-state index in [1.165, 1.54) is 12.1 Å². The predicted molar refractivity (Wildman–Crippen MR) is 61.3 cm³/mol. The molecule has 0 fully saturated rings. The normalized spacial score (nSPS) is 9.75. The average Bonchev–Trinajstić information content (AvgIpc) is 2.24. The van der Waals surface area contributed by atoms with Gasteiger partial charge in [0.1, 0.15) is 5.82 Å². The molecule has 1 rings (SSSR count). The molecule has 0 radical (unpaired) electrons. The molecule has 0 saturated heterocycles. The maximum absolute atomic E-state index is 13.3. The number of carbonyl (C=O) groups excluding carboxylic acids is 1. The first-order valence-corrected chi connectivity index (χ1v) is 5.17. The van der Waals surface area contributed by atoms with Crippen molar-refractivity contribution in [3.05, 3.63) is 35.1 Å². The zero-order chi connectivity index (χ0) is 12.0. The molecule has 0 aliphatic rings. The van der Waals surface area contributed by atoms with Crippen LogP contribution in [0.2, 0.25) is 0 Å². The largest absolute Gasteiger partial charge is 0.366 e. The van der Waals surface area contributed by atoms with E-state index >= 15 is 0 Å². The van der Waals surface area contributed by atoms with Crippen molar-refractivity contribution in [1.82, 2.24) is 0 Å². The summed E-state index contributed by atoms with van der Waals surface area (Å²) >= 11 is 0. The molecule has 2 N–H and O–H groups in total. The van der Waals surface area contributed by atoms with Crippen molar-refractivity contribution in [1.29, 1.82) is 0 Å². The lowest BCUT2D eigenvalue weighted by molar-refractivity contribution is 0.0996. The molecule has 0 bridgehead atoms. The van der Waals surface area contributed by atoms with Crippen molar-refractivity contribution >= 4 is 5.91 Å². The number of terminal acetylenes is 1. The maximum atomic E-state index is 13.3. The highest BCUT2D eigenvalue weighted by atomic mass is 19.1. The highest BCUT2D eigenvalue weighted by Crippen LogP contribution is 2.12. The van der Waals surface area contributed by atoms with E-state index in [4.69, 9.17) is 12.2 Å². The molecular weight excluding hydrogens is 205 g/mol. The van der Waals surface area contributed by atoms with E-state index < -0.39 is 11.7 Å². The highest BCUT2D eigenvalue weighted by Gasteiger charge is 2.08. The van der Waals surface area contributed by atoms with Crippen LogP contribution in [0.3, 0.4) is 0 Å². The molecule has 3 heteroatoms. The Morgan fingerprint density at radius 2 is 2.19 bits per heavy atom. The average molecular weight is 219 g/mol. The van der Waals surface area contributed by atoms with Crippen molar-refractivity contribution < 1.29 is 9.18 Å². The summed E-state index contributed by atoms with van der Waals surface area (Å²) in [4.78, 5) is 10.8. The molecule has 0 aliphatic heterocycles. The molecule has 0 atom stereocenters. The van der Waals surface area contributed by atoms with Gasteiger partial charge in [0, 0.05) is 6.42 Å². The molecule has 84 valence electrons. The molecule has 1 aromatic rings. The van der Waals surface area contributed by atoms with E-state index in [2.05, 4.69) is 5.92 Å². The molecule has 0 aromatic heterocycles. The smallest absolute Gasteiger partial charge is 0.251 e. The number of rotatable bonds is 5. The fourth-order valence-corrected chi connectivity index (χ4v) is 1.47. The van der Waals surface area contributed by atoms with Crippen LogP contribution in [0.15, 0.2) is 18.2 Å². The van der Waals surface area contributed by atoms with Crippen LogP contribution in [-0.2, 0) is 6.42 Å². The summed E-state index contributed by atoms with van der Waals surface area (Å²) in [6.07, 6.45) is 8.47. The van der Waals surface area contributed by atoms with Gasteiger partial charge in [-0.25, -0.2) is 4.39 Å². The van der Waals surface area contributed by atoms with E-state index in [1.54, 1.807) is 6.07 Å². The lowest BCUT2D eigenvalue weighted by atomic mass is 10.0. The number of unbranched alkanes of at least 4 members (excludes halogenated alkanes) is 2. The minimum Gasteiger partial charge on any atom is -0.366 e. The lowest BCUT2D eigenvalue weighted by Crippen LogP contribution is -2.13. The molecule has 0 aliphatic carbocycles. The molecule has 2 nitrogen and oxygen atoms in total. The predicted octanol–water partition coefficient (Wildman–Crippen LogP) is 2.27. The summed E-state index contributed by atoms with van der Waals surface area (Å²) in [6, 6.07) is 4.50. The van der Waals surface area contributed by atoms with Gasteiger partial charge in [0.15, 0.2) is 0 Å². The van der Waals surface area contributed by atoms with Gasteiger partial charge in [0.25, 0.3) is 5.91 Å². The molecule has 0 unspecified atom stereocenters. The Hall–Kier alpha value is -1.82. The van der Waals surface area contributed by atoms with E-state index in [9.17, 15) is 9.18 Å². The summed E-state index contributed by atoms with van der Waals surface area (Å²) in [7, 11) is 0. The summed E-state index contributed by atoms with van der Waals surface area (Å²) in [6.45, 7) is 0. The van der Waals surface area contributed by atoms with Crippen LogP contribution in [-0.4, -0.2) is 5.91 Å². The Labute approximate surface area is 94.7 Å². The van der Waals surface area contributed by atoms with Crippen LogP contribution < -0.4 is 5.73 Å². The molecule has 0 spiro atoms. The van der Waals surface area contributed by atoms with E-state index in [-0.39, 0.29) is 5.56 Å². The second kappa shape index (κ2) is 5.92.